The summed E-state index contributed by atoms with van der Waals surface area (Å²) in [6, 6.07) is 8.05. The quantitative estimate of drug-likeness (QED) is 0.897. The SMILES string of the molecule is CC(C)(NC(=O)[C@@H]1CCCCN1)c1ccc(Br)cc1. The van der Waals surface area contributed by atoms with Gasteiger partial charge in [-0.05, 0) is 50.9 Å². The highest BCUT2D eigenvalue weighted by molar-refractivity contribution is 9.10. The number of rotatable bonds is 3. The number of carbonyl (C=O) groups excluding carboxylic acids is 1. The molecule has 0 aromatic heterocycles. The smallest absolute Gasteiger partial charge is 0.237 e. The molecule has 2 rings (SSSR count). The predicted octanol–water partition coefficient (Wildman–Crippen LogP) is 2.94. The predicted molar refractivity (Wildman–Crippen MR) is 81.0 cm³/mol. The molecule has 1 amide bonds. The molecular formula is C15H21BrN2O. The highest BCUT2D eigenvalue weighted by Gasteiger charge is 2.27. The van der Waals surface area contributed by atoms with Crippen LogP contribution >= 0.6 is 15.9 Å². The van der Waals surface area contributed by atoms with Gasteiger partial charge in [-0.25, -0.2) is 0 Å². The lowest BCUT2D eigenvalue weighted by Crippen LogP contribution is -2.52. The number of benzene rings is 1. The summed E-state index contributed by atoms with van der Waals surface area (Å²) in [7, 11) is 0. The van der Waals surface area contributed by atoms with Gasteiger partial charge in [0, 0.05) is 4.47 Å². The molecule has 0 radical (unpaired) electrons. The molecule has 1 aromatic carbocycles. The zero-order valence-electron chi connectivity index (χ0n) is 11.5. The first-order valence-corrected chi connectivity index (χ1v) is 7.60. The van der Waals surface area contributed by atoms with Gasteiger partial charge in [0.15, 0.2) is 0 Å². The molecule has 1 saturated heterocycles. The third kappa shape index (κ3) is 3.80. The van der Waals surface area contributed by atoms with E-state index in [1.54, 1.807) is 0 Å². The summed E-state index contributed by atoms with van der Waals surface area (Å²) in [5, 5.41) is 6.43. The van der Waals surface area contributed by atoms with Gasteiger partial charge in [-0.15, -0.1) is 0 Å². The average Bonchev–Trinajstić information content (AvgIpc) is 2.40. The molecule has 0 saturated carbocycles. The Balaban J connectivity index is 2.03. The van der Waals surface area contributed by atoms with Crippen molar-refractivity contribution in [1.82, 2.24) is 10.6 Å². The van der Waals surface area contributed by atoms with E-state index in [1.165, 1.54) is 6.42 Å². The normalized spacial score (nSPS) is 20.1. The molecule has 3 nitrogen and oxygen atoms in total. The first-order valence-electron chi connectivity index (χ1n) is 6.80. The third-order valence-corrected chi connectivity index (χ3v) is 4.16. The van der Waals surface area contributed by atoms with E-state index in [4.69, 9.17) is 0 Å². The highest BCUT2D eigenvalue weighted by Crippen LogP contribution is 2.22. The summed E-state index contributed by atoms with van der Waals surface area (Å²) in [5.41, 5.74) is 0.761. The van der Waals surface area contributed by atoms with Crippen LogP contribution in [0, 0.1) is 0 Å². The van der Waals surface area contributed by atoms with E-state index in [0.29, 0.717) is 0 Å². The Labute approximate surface area is 123 Å². The first-order chi connectivity index (χ1) is 8.99. The molecular weight excluding hydrogens is 304 g/mol. The van der Waals surface area contributed by atoms with Crippen molar-refractivity contribution in [3.05, 3.63) is 34.3 Å². The second-order valence-corrected chi connectivity index (χ2v) is 6.54. The van der Waals surface area contributed by atoms with Crippen molar-refractivity contribution in [3.63, 3.8) is 0 Å². The van der Waals surface area contributed by atoms with Crippen molar-refractivity contribution in [2.45, 2.75) is 44.7 Å². The van der Waals surface area contributed by atoms with Crippen LogP contribution in [0.2, 0.25) is 0 Å². The summed E-state index contributed by atoms with van der Waals surface area (Å²) in [6.45, 7) is 5.02. The minimum Gasteiger partial charge on any atom is -0.346 e. The van der Waals surface area contributed by atoms with Crippen molar-refractivity contribution in [1.29, 1.82) is 0 Å². The molecule has 0 aliphatic carbocycles. The molecule has 1 aliphatic heterocycles. The fourth-order valence-electron chi connectivity index (χ4n) is 2.41. The van der Waals surface area contributed by atoms with E-state index < -0.39 is 0 Å². The van der Waals surface area contributed by atoms with Crippen molar-refractivity contribution in [2.75, 3.05) is 6.54 Å². The lowest BCUT2D eigenvalue weighted by Gasteiger charge is -2.31. The van der Waals surface area contributed by atoms with E-state index in [2.05, 4.69) is 26.6 Å². The van der Waals surface area contributed by atoms with Gasteiger partial charge in [-0.3, -0.25) is 4.79 Å². The van der Waals surface area contributed by atoms with Gasteiger partial charge >= 0.3 is 0 Å². The maximum Gasteiger partial charge on any atom is 0.237 e. The summed E-state index contributed by atoms with van der Waals surface area (Å²) < 4.78 is 1.05. The van der Waals surface area contributed by atoms with Crippen LogP contribution in [0.5, 0.6) is 0 Å². The summed E-state index contributed by atoms with van der Waals surface area (Å²) in [4.78, 5) is 12.3. The van der Waals surface area contributed by atoms with Crippen molar-refractivity contribution >= 4 is 21.8 Å². The minimum atomic E-state index is -0.350. The Hall–Kier alpha value is -0.870. The summed E-state index contributed by atoms with van der Waals surface area (Å²) in [5.74, 6) is 0.104. The number of carbonyl (C=O) groups is 1. The molecule has 4 heteroatoms. The zero-order valence-corrected chi connectivity index (χ0v) is 13.1. The first kappa shape index (κ1) is 14.5. The maximum atomic E-state index is 12.3. The van der Waals surface area contributed by atoms with Crippen LogP contribution in [0.1, 0.15) is 38.7 Å². The Bertz CT molecular complexity index is 436. The number of hydrogen-bond donors (Lipinski definition) is 2. The largest absolute Gasteiger partial charge is 0.346 e. The standard InChI is InChI=1S/C15H21BrN2O/c1-15(2,11-6-8-12(16)9-7-11)18-14(19)13-5-3-4-10-17-13/h6-9,13,17H,3-5,10H2,1-2H3,(H,18,19)/t13-/m0/s1. The number of halogens is 1. The van der Waals surface area contributed by atoms with Gasteiger partial charge in [0.2, 0.25) is 5.91 Å². The van der Waals surface area contributed by atoms with E-state index in [-0.39, 0.29) is 17.5 Å². The molecule has 0 bridgehead atoms. The Morgan fingerprint density at radius 2 is 2.00 bits per heavy atom. The van der Waals surface area contributed by atoms with E-state index in [9.17, 15) is 4.79 Å². The lowest BCUT2D eigenvalue weighted by atomic mass is 9.93. The third-order valence-electron chi connectivity index (χ3n) is 3.63. The van der Waals surface area contributed by atoms with Crippen LogP contribution in [0.4, 0.5) is 0 Å². The molecule has 1 fully saturated rings. The molecule has 1 aliphatic rings. The van der Waals surface area contributed by atoms with Gasteiger partial charge in [-0.2, -0.15) is 0 Å². The van der Waals surface area contributed by atoms with Crippen LogP contribution < -0.4 is 10.6 Å². The number of piperidine rings is 1. The second-order valence-electron chi connectivity index (χ2n) is 5.62. The van der Waals surface area contributed by atoms with Crippen LogP contribution in [-0.4, -0.2) is 18.5 Å². The second kappa shape index (κ2) is 6.06. The molecule has 2 N–H and O–H groups in total. The Morgan fingerprint density at radius 1 is 1.32 bits per heavy atom. The number of nitrogens with one attached hydrogen (secondary N) is 2. The van der Waals surface area contributed by atoms with E-state index in [1.807, 2.05) is 38.1 Å². The number of amides is 1. The minimum absolute atomic E-state index is 0.0385. The highest BCUT2D eigenvalue weighted by atomic mass is 79.9. The topological polar surface area (TPSA) is 41.1 Å². The fourth-order valence-corrected chi connectivity index (χ4v) is 2.67. The van der Waals surface area contributed by atoms with Crippen LogP contribution in [0.3, 0.4) is 0 Å². The summed E-state index contributed by atoms with van der Waals surface area (Å²) >= 11 is 3.43. The van der Waals surface area contributed by atoms with Gasteiger partial charge in [0.05, 0.1) is 11.6 Å². The van der Waals surface area contributed by atoms with Crippen molar-refractivity contribution < 1.29 is 4.79 Å². The lowest BCUT2D eigenvalue weighted by molar-refractivity contribution is -0.125. The number of hydrogen-bond acceptors (Lipinski definition) is 2. The maximum absolute atomic E-state index is 12.3. The molecule has 0 unspecified atom stereocenters. The average molecular weight is 325 g/mol. The molecule has 1 atom stereocenters. The van der Waals surface area contributed by atoms with Crippen LogP contribution in [-0.2, 0) is 10.3 Å². The van der Waals surface area contributed by atoms with Gasteiger partial charge < -0.3 is 10.6 Å². The monoisotopic (exact) mass is 324 g/mol. The fraction of sp³-hybridized carbons (Fsp3) is 0.533. The van der Waals surface area contributed by atoms with Crippen LogP contribution in [0.25, 0.3) is 0 Å². The zero-order chi connectivity index (χ0) is 13.9. The van der Waals surface area contributed by atoms with E-state index >= 15 is 0 Å². The van der Waals surface area contributed by atoms with Crippen molar-refractivity contribution in [2.24, 2.45) is 0 Å². The van der Waals surface area contributed by atoms with Crippen LogP contribution in [0.15, 0.2) is 28.7 Å². The molecule has 104 valence electrons. The molecule has 1 aromatic rings. The Kier molecular flexibility index (Phi) is 4.63. The van der Waals surface area contributed by atoms with Gasteiger partial charge in [0.1, 0.15) is 0 Å². The van der Waals surface area contributed by atoms with Gasteiger partial charge in [-0.1, -0.05) is 34.5 Å². The molecule has 19 heavy (non-hydrogen) atoms. The Morgan fingerprint density at radius 3 is 2.58 bits per heavy atom. The molecule has 0 spiro atoms. The van der Waals surface area contributed by atoms with Crippen molar-refractivity contribution in [3.8, 4) is 0 Å². The summed E-state index contributed by atoms with van der Waals surface area (Å²) in [6.07, 6.45) is 3.23. The molecule has 1 heterocycles. The van der Waals surface area contributed by atoms with E-state index in [0.717, 1.165) is 29.4 Å². The van der Waals surface area contributed by atoms with Gasteiger partial charge in [0.25, 0.3) is 0 Å².